The third-order valence-electron chi connectivity index (χ3n) is 5.20. The van der Waals surface area contributed by atoms with Gasteiger partial charge in [-0.05, 0) is 31.7 Å². The van der Waals surface area contributed by atoms with Crippen LogP contribution in [0.4, 0.5) is 0 Å². The zero-order valence-corrected chi connectivity index (χ0v) is 14.4. The van der Waals surface area contributed by atoms with Gasteiger partial charge in [-0.15, -0.1) is 11.3 Å². The topological polar surface area (TPSA) is 78.6 Å². The lowest BCUT2D eigenvalue weighted by molar-refractivity contribution is 0.00715. The average Bonchev–Trinajstić information content (AvgIpc) is 3.03. The highest BCUT2D eigenvalue weighted by Gasteiger charge is 2.31. The van der Waals surface area contributed by atoms with Crippen molar-refractivity contribution in [2.24, 2.45) is 5.73 Å². The molecule has 0 bridgehead atoms. The van der Waals surface area contributed by atoms with E-state index in [0.29, 0.717) is 17.6 Å². The minimum atomic E-state index is -0.355. The van der Waals surface area contributed by atoms with Crippen LogP contribution in [0.3, 0.4) is 0 Å². The van der Waals surface area contributed by atoms with Gasteiger partial charge in [-0.1, -0.05) is 12.8 Å². The van der Waals surface area contributed by atoms with Crippen molar-refractivity contribution in [3.63, 3.8) is 0 Å². The number of nitrogens with zero attached hydrogens (tertiary/aromatic N) is 1. The lowest BCUT2D eigenvalue weighted by atomic mass is 9.89. The number of thiophene rings is 1. The number of hydrogen-bond donors (Lipinski definition) is 3. The van der Waals surface area contributed by atoms with E-state index in [9.17, 15) is 9.90 Å². The lowest BCUT2D eigenvalue weighted by Gasteiger charge is -2.41. The summed E-state index contributed by atoms with van der Waals surface area (Å²) < 4.78 is 0. The predicted octanol–water partition coefficient (Wildman–Crippen LogP) is 1.70. The normalized spacial score (nSPS) is 27.2. The average molecular weight is 337 g/mol. The van der Waals surface area contributed by atoms with Gasteiger partial charge < -0.3 is 16.2 Å². The summed E-state index contributed by atoms with van der Waals surface area (Å²) in [6.45, 7) is 2.93. The maximum atomic E-state index is 11.1. The Morgan fingerprint density at radius 1 is 1.30 bits per heavy atom. The molecule has 2 unspecified atom stereocenters. The maximum Gasteiger partial charge on any atom is 0.249 e. The molecule has 6 heteroatoms. The molecule has 1 saturated heterocycles. The van der Waals surface area contributed by atoms with E-state index in [1.165, 1.54) is 12.8 Å². The molecule has 3 rings (SSSR count). The number of carbonyl (C=O) groups excluding carboxylic acids is 1. The standard InChI is InChI=1S/C17H27N3O2S/c18-17(22)12-9-14(23-11-12)10-19-13-5-7-20(8-6-13)15-3-1-2-4-16(15)21/h9,11,13,15-16,19,21H,1-8,10H2,(H2,18,22). The van der Waals surface area contributed by atoms with Crippen LogP contribution >= 0.6 is 11.3 Å². The Balaban J connectivity index is 1.42. The molecule has 1 aliphatic carbocycles. The van der Waals surface area contributed by atoms with Crippen LogP contribution in [0.1, 0.15) is 53.8 Å². The molecule has 2 atom stereocenters. The molecule has 23 heavy (non-hydrogen) atoms. The molecule has 5 nitrogen and oxygen atoms in total. The Hall–Kier alpha value is -0.950. The minimum Gasteiger partial charge on any atom is -0.391 e. The second kappa shape index (κ2) is 7.75. The van der Waals surface area contributed by atoms with Gasteiger partial charge in [0.2, 0.25) is 5.91 Å². The van der Waals surface area contributed by atoms with Crippen molar-refractivity contribution in [3.05, 3.63) is 21.9 Å². The van der Waals surface area contributed by atoms with E-state index in [4.69, 9.17) is 5.73 Å². The van der Waals surface area contributed by atoms with Crippen LogP contribution in [0.5, 0.6) is 0 Å². The summed E-state index contributed by atoms with van der Waals surface area (Å²) in [6.07, 6.45) is 6.64. The van der Waals surface area contributed by atoms with Crippen molar-refractivity contribution in [1.82, 2.24) is 10.2 Å². The molecule has 4 N–H and O–H groups in total. The summed E-state index contributed by atoms with van der Waals surface area (Å²) in [5, 5.41) is 15.6. The second-order valence-electron chi connectivity index (χ2n) is 6.78. The molecule has 0 spiro atoms. The molecule has 2 heterocycles. The van der Waals surface area contributed by atoms with Gasteiger partial charge in [0, 0.05) is 42.0 Å². The molecule has 1 aromatic rings. The van der Waals surface area contributed by atoms with Gasteiger partial charge >= 0.3 is 0 Å². The van der Waals surface area contributed by atoms with Crippen molar-refractivity contribution in [3.8, 4) is 0 Å². The van der Waals surface area contributed by atoms with Gasteiger partial charge in [0.25, 0.3) is 0 Å². The van der Waals surface area contributed by atoms with Crippen LogP contribution in [0.25, 0.3) is 0 Å². The zero-order chi connectivity index (χ0) is 16.2. The van der Waals surface area contributed by atoms with E-state index in [0.717, 1.165) is 50.2 Å². The Morgan fingerprint density at radius 3 is 2.70 bits per heavy atom. The van der Waals surface area contributed by atoms with E-state index in [2.05, 4.69) is 10.2 Å². The zero-order valence-electron chi connectivity index (χ0n) is 13.5. The number of nitrogens with one attached hydrogen (secondary N) is 1. The summed E-state index contributed by atoms with van der Waals surface area (Å²) in [7, 11) is 0. The highest BCUT2D eigenvalue weighted by molar-refractivity contribution is 7.10. The van der Waals surface area contributed by atoms with Crippen molar-refractivity contribution in [1.29, 1.82) is 0 Å². The fourth-order valence-corrected chi connectivity index (χ4v) is 4.62. The maximum absolute atomic E-state index is 11.1. The van der Waals surface area contributed by atoms with Gasteiger partial charge in [-0.2, -0.15) is 0 Å². The summed E-state index contributed by atoms with van der Waals surface area (Å²) in [5.74, 6) is -0.355. The third kappa shape index (κ3) is 4.32. The number of likely N-dealkylation sites (tertiary alicyclic amines) is 1. The minimum absolute atomic E-state index is 0.133. The number of hydrogen-bond acceptors (Lipinski definition) is 5. The van der Waals surface area contributed by atoms with Crippen LogP contribution in [-0.4, -0.2) is 47.2 Å². The Bertz CT molecular complexity index is 526. The largest absolute Gasteiger partial charge is 0.391 e. The van der Waals surface area contributed by atoms with E-state index >= 15 is 0 Å². The number of primary amides is 1. The quantitative estimate of drug-likeness (QED) is 0.764. The Morgan fingerprint density at radius 2 is 2.04 bits per heavy atom. The monoisotopic (exact) mass is 337 g/mol. The highest BCUT2D eigenvalue weighted by atomic mass is 32.1. The van der Waals surface area contributed by atoms with Crippen LogP contribution in [0.15, 0.2) is 11.4 Å². The van der Waals surface area contributed by atoms with Crippen LogP contribution < -0.4 is 11.1 Å². The van der Waals surface area contributed by atoms with Crippen molar-refractivity contribution in [2.45, 2.75) is 63.3 Å². The molecular formula is C17H27N3O2S. The summed E-state index contributed by atoms with van der Waals surface area (Å²) in [4.78, 5) is 14.8. The first-order valence-corrected chi connectivity index (χ1v) is 9.54. The third-order valence-corrected chi connectivity index (χ3v) is 6.13. The van der Waals surface area contributed by atoms with E-state index in [-0.39, 0.29) is 12.0 Å². The van der Waals surface area contributed by atoms with Crippen molar-refractivity contribution < 1.29 is 9.90 Å². The number of nitrogens with two attached hydrogens (primary N) is 1. The van der Waals surface area contributed by atoms with E-state index in [1.807, 2.05) is 11.4 Å². The lowest BCUT2D eigenvalue weighted by Crippen LogP contribution is -2.51. The SMILES string of the molecule is NC(=O)c1csc(CNC2CCN(C3CCCCC3O)CC2)c1. The number of carbonyl (C=O) groups is 1. The van der Waals surface area contributed by atoms with Gasteiger partial charge in [0.05, 0.1) is 11.7 Å². The van der Waals surface area contributed by atoms with E-state index in [1.54, 1.807) is 11.3 Å². The van der Waals surface area contributed by atoms with Gasteiger partial charge in [0.15, 0.2) is 0 Å². The predicted molar refractivity (Wildman–Crippen MR) is 92.5 cm³/mol. The first kappa shape index (κ1) is 16.9. The fraction of sp³-hybridized carbons (Fsp3) is 0.706. The molecule has 1 amide bonds. The molecule has 1 saturated carbocycles. The number of piperidine rings is 1. The van der Waals surface area contributed by atoms with Crippen molar-refractivity contribution >= 4 is 17.2 Å². The molecule has 2 fully saturated rings. The Labute approximate surface area is 141 Å². The van der Waals surface area contributed by atoms with Gasteiger partial charge in [-0.3, -0.25) is 9.69 Å². The molecule has 0 aromatic carbocycles. The molecule has 1 aliphatic heterocycles. The van der Waals surface area contributed by atoms with Gasteiger partial charge in [0.1, 0.15) is 0 Å². The van der Waals surface area contributed by atoms with E-state index < -0.39 is 0 Å². The first-order chi connectivity index (χ1) is 11.1. The molecule has 1 aromatic heterocycles. The molecule has 128 valence electrons. The second-order valence-corrected chi connectivity index (χ2v) is 7.77. The highest BCUT2D eigenvalue weighted by Crippen LogP contribution is 2.26. The Kier molecular flexibility index (Phi) is 5.69. The van der Waals surface area contributed by atoms with Crippen LogP contribution in [-0.2, 0) is 6.54 Å². The smallest absolute Gasteiger partial charge is 0.249 e. The number of aliphatic hydroxyl groups excluding tert-OH is 1. The van der Waals surface area contributed by atoms with Crippen molar-refractivity contribution in [2.75, 3.05) is 13.1 Å². The summed E-state index contributed by atoms with van der Waals surface area (Å²) >= 11 is 1.58. The number of amides is 1. The van der Waals surface area contributed by atoms with Crippen LogP contribution in [0.2, 0.25) is 0 Å². The fourth-order valence-electron chi connectivity index (χ4n) is 3.80. The summed E-state index contributed by atoms with van der Waals surface area (Å²) in [6, 6.07) is 2.78. The molecule has 2 aliphatic rings. The number of aliphatic hydroxyl groups is 1. The van der Waals surface area contributed by atoms with Gasteiger partial charge in [-0.25, -0.2) is 0 Å². The summed E-state index contributed by atoms with van der Waals surface area (Å²) in [5.41, 5.74) is 5.89. The first-order valence-electron chi connectivity index (χ1n) is 8.66. The molecular weight excluding hydrogens is 310 g/mol. The van der Waals surface area contributed by atoms with Crippen LogP contribution in [0, 0.1) is 0 Å². The number of rotatable bonds is 5. The molecule has 0 radical (unpaired) electrons.